The van der Waals surface area contributed by atoms with Crippen LogP contribution in [0, 0.1) is 11.3 Å². The van der Waals surface area contributed by atoms with Crippen LogP contribution in [0.1, 0.15) is 26.2 Å². The number of fused-ring (bicyclic) bond motifs is 2. The van der Waals surface area contributed by atoms with Crippen molar-refractivity contribution in [2.24, 2.45) is 11.3 Å². The first kappa shape index (κ1) is 19.6. The van der Waals surface area contributed by atoms with E-state index in [0.29, 0.717) is 30.9 Å². The highest BCUT2D eigenvalue weighted by Gasteiger charge is 2.56. The number of anilines is 2. The first-order chi connectivity index (χ1) is 12.4. The van der Waals surface area contributed by atoms with Crippen molar-refractivity contribution in [3.63, 3.8) is 0 Å². The Bertz CT molecular complexity index is 786. The molecule has 3 atom stereocenters. The lowest BCUT2D eigenvalue weighted by Gasteiger charge is -2.34. The number of aliphatic carboxylic acids is 1. The number of nitrogens with zero attached hydrogens (tertiary/aromatic N) is 2. The summed E-state index contributed by atoms with van der Waals surface area (Å²) in [4.78, 5) is 40.5. The lowest BCUT2D eigenvalue weighted by Crippen LogP contribution is -2.51. The Morgan fingerprint density at radius 2 is 2.07 bits per heavy atom. The summed E-state index contributed by atoms with van der Waals surface area (Å²) in [6.07, 6.45) is 2.52. The topological polar surface area (TPSA) is 90.0 Å². The van der Waals surface area contributed by atoms with Gasteiger partial charge in [0.25, 0.3) is 0 Å². The number of likely N-dealkylation sites (tertiary alicyclic amines) is 1. The molecule has 0 aromatic heterocycles. The molecule has 2 amide bonds. The van der Waals surface area contributed by atoms with E-state index in [2.05, 4.69) is 5.32 Å². The summed E-state index contributed by atoms with van der Waals surface area (Å²) < 4.78 is 0. The molecule has 2 aliphatic heterocycles. The van der Waals surface area contributed by atoms with Gasteiger partial charge in [-0.1, -0.05) is 18.6 Å². The molecule has 1 saturated carbocycles. The van der Waals surface area contributed by atoms with E-state index in [9.17, 15) is 19.5 Å². The molecule has 2 heterocycles. The van der Waals surface area contributed by atoms with Crippen molar-refractivity contribution in [3.05, 3.63) is 24.3 Å². The molecule has 0 spiro atoms. The summed E-state index contributed by atoms with van der Waals surface area (Å²) in [5, 5.41) is 12.5. The van der Waals surface area contributed by atoms with Gasteiger partial charge in [-0.25, -0.2) is 0 Å². The quantitative estimate of drug-likeness (QED) is 0.819. The zero-order valence-corrected chi connectivity index (χ0v) is 16.0. The number of carbonyl (C=O) groups excluding carboxylic acids is 2. The Morgan fingerprint density at radius 3 is 2.78 bits per heavy atom. The molecular formula is C19H24ClN3O4. The van der Waals surface area contributed by atoms with Gasteiger partial charge in [0.2, 0.25) is 11.8 Å². The maximum absolute atomic E-state index is 13.1. The SMILES string of the molecule is CC(C(=O)N1CC(=O)Nc2ccccc21)N1C[C@@H]2CCC[C@@]2(C(=O)O)C1.Cl. The highest BCUT2D eigenvalue weighted by atomic mass is 35.5. The van der Waals surface area contributed by atoms with Crippen molar-refractivity contribution in [2.75, 3.05) is 29.9 Å². The van der Waals surface area contributed by atoms with Crippen LogP contribution in [0.15, 0.2) is 24.3 Å². The summed E-state index contributed by atoms with van der Waals surface area (Å²) in [5.74, 6) is -1.02. The predicted molar refractivity (Wildman–Crippen MR) is 103 cm³/mol. The third kappa shape index (κ3) is 3.08. The molecule has 0 radical (unpaired) electrons. The summed E-state index contributed by atoms with van der Waals surface area (Å²) in [5.41, 5.74) is 0.604. The van der Waals surface area contributed by atoms with Crippen molar-refractivity contribution in [2.45, 2.75) is 32.2 Å². The van der Waals surface area contributed by atoms with Gasteiger partial charge in [0.15, 0.2) is 0 Å². The van der Waals surface area contributed by atoms with E-state index in [0.717, 1.165) is 12.8 Å². The summed E-state index contributed by atoms with van der Waals surface area (Å²) in [6.45, 7) is 2.83. The van der Waals surface area contributed by atoms with Crippen molar-refractivity contribution in [1.29, 1.82) is 0 Å². The molecule has 146 valence electrons. The molecule has 8 heteroatoms. The fourth-order valence-corrected chi connectivity index (χ4v) is 4.78. The first-order valence-electron chi connectivity index (χ1n) is 9.10. The Balaban J connectivity index is 0.00000210. The maximum Gasteiger partial charge on any atom is 0.311 e. The number of para-hydroxylation sites is 2. The van der Waals surface area contributed by atoms with Crippen molar-refractivity contribution in [3.8, 4) is 0 Å². The van der Waals surface area contributed by atoms with Gasteiger partial charge in [0.1, 0.15) is 6.54 Å². The van der Waals surface area contributed by atoms with Crippen molar-refractivity contribution in [1.82, 2.24) is 4.90 Å². The normalized spacial score (nSPS) is 28.0. The van der Waals surface area contributed by atoms with Crippen LogP contribution in [0.2, 0.25) is 0 Å². The monoisotopic (exact) mass is 393 g/mol. The summed E-state index contributed by atoms with van der Waals surface area (Å²) in [7, 11) is 0. The number of benzene rings is 1. The minimum absolute atomic E-state index is 0. The molecule has 2 N–H and O–H groups in total. The van der Waals surface area contributed by atoms with E-state index in [1.165, 1.54) is 4.90 Å². The zero-order chi connectivity index (χ0) is 18.5. The highest BCUT2D eigenvalue weighted by molar-refractivity contribution is 6.11. The number of hydrogen-bond acceptors (Lipinski definition) is 4. The van der Waals surface area contributed by atoms with E-state index in [1.807, 2.05) is 30.0 Å². The second kappa shape index (κ2) is 7.13. The van der Waals surface area contributed by atoms with Crippen LogP contribution in [0.4, 0.5) is 11.4 Å². The molecule has 2 fully saturated rings. The second-order valence-electron chi connectivity index (χ2n) is 7.65. The van der Waals surface area contributed by atoms with Crippen LogP contribution in [0.25, 0.3) is 0 Å². The lowest BCUT2D eigenvalue weighted by molar-refractivity contribution is -0.149. The number of halogens is 1. The zero-order valence-electron chi connectivity index (χ0n) is 15.2. The van der Waals surface area contributed by atoms with Gasteiger partial charge < -0.3 is 10.4 Å². The summed E-state index contributed by atoms with van der Waals surface area (Å²) >= 11 is 0. The number of nitrogens with one attached hydrogen (secondary N) is 1. The minimum atomic E-state index is -0.746. The third-order valence-corrected chi connectivity index (χ3v) is 6.26. The molecule has 1 unspecified atom stereocenters. The number of carbonyl (C=O) groups is 3. The fourth-order valence-electron chi connectivity index (χ4n) is 4.78. The average Bonchev–Trinajstić information content (AvgIpc) is 3.18. The van der Waals surface area contributed by atoms with Crippen LogP contribution in [0.5, 0.6) is 0 Å². The molecule has 3 aliphatic rings. The van der Waals surface area contributed by atoms with Gasteiger partial charge >= 0.3 is 5.97 Å². The van der Waals surface area contributed by atoms with Crippen LogP contribution >= 0.6 is 12.4 Å². The van der Waals surface area contributed by atoms with Crippen LogP contribution < -0.4 is 10.2 Å². The highest BCUT2D eigenvalue weighted by Crippen LogP contribution is 2.49. The fraction of sp³-hybridized carbons (Fsp3) is 0.526. The Kier molecular flexibility index (Phi) is 5.18. The molecule has 1 aliphatic carbocycles. The molecule has 1 aromatic rings. The Labute approximate surface area is 164 Å². The Morgan fingerprint density at radius 1 is 1.33 bits per heavy atom. The molecule has 1 saturated heterocycles. The third-order valence-electron chi connectivity index (χ3n) is 6.26. The average molecular weight is 394 g/mol. The van der Waals surface area contributed by atoms with E-state index in [-0.39, 0.29) is 36.7 Å². The second-order valence-corrected chi connectivity index (χ2v) is 7.65. The van der Waals surface area contributed by atoms with Crippen molar-refractivity contribution < 1.29 is 19.5 Å². The number of carboxylic acid groups (broad SMARTS) is 1. The number of hydrogen-bond donors (Lipinski definition) is 2. The van der Waals surface area contributed by atoms with Gasteiger partial charge in [-0.15, -0.1) is 12.4 Å². The summed E-state index contributed by atoms with van der Waals surface area (Å²) in [6, 6.07) is 6.78. The standard InChI is InChI=1S/C19H23N3O4.ClH/c1-12(21-9-13-5-4-8-19(13,11-21)18(25)26)17(24)22-10-16(23)20-14-6-2-3-7-15(14)22;/h2-3,6-7,12-13H,4-5,8-11H2,1H3,(H,20,23)(H,25,26);1H/t12?,13-,19+;/m0./s1. The molecule has 7 nitrogen and oxygen atoms in total. The van der Waals surface area contributed by atoms with E-state index in [1.54, 1.807) is 6.07 Å². The van der Waals surface area contributed by atoms with Gasteiger partial charge in [-0.05, 0) is 37.8 Å². The van der Waals surface area contributed by atoms with Crippen molar-refractivity contribution >= 4 is 41.6 Å². The van der Waals surface area contributed by atoms with Gasteiger partial charge in [-0.3, -0.25) is 24.2 Å². The van der Waals surface area contributed by atoms with E-state index >= 15 is 0 Å². The molecule has 4 rings (SSSR count). The molecule has 1 aromatic carbocycles. The number of carboxylic acids is 1. The molecular weight excluding hydrogens is 370 g/mol. The number of amides is 2. The lowest BCUT2D eigenvalue weighted by atomic mass is 9.81. The van der Waals surface area contributed by atoms with E-state index < -0.39 is 17.4 Å². The minimum Gasteiger partial charge on any atom is -0.481 e. The predicted octanol–water partition coefficient (Wildman–Crippen LogP) is 1.97. The van der Waals surface area contributed by atoms with Gasteiger partial charge in [0.05, 0.1) is 22.8 Å². The largest absolute Gasteiger partial charge is 0.481 e. The van der Waals surface area contributed by atoms with Crippen LogP contribution in [0.3, 0.4) is 0 Å². The van der Waals surface area contributed by atoms with E-state index in [4.69, 9.17) is 0 Å². The Hall–Kier alpha value is -2.12. The number of rotatable bonds is 3. The maximum atomic E-state index is 13.1. The molecule has 27 heavy (non-hydrogen) atoms. The molecule has 0 bridgehead atoms. The van der Waals surface area contributed by atoms with Gasteiger partial charge in [0, 0.05) is 13.1 Å². The first-order valence-corrected chi connectivity index (χ1v) is 9.10. The van der Waals surface area contributed by atoms with Crippen LogP contribution in [-0.2, 0) is 14.4 Å². The smallest absolute Gasteiger partial charge is 0.311 e. The van der Waals surface area contributed by atoms with Crippen LogP contribution in [-0.4, -0.2) is 53.5 Å². The van der Waals surface area contributed by atoms with Gasteiger partial charge in [-0.2, -0.15) is 0 Å².